The summed E-state index contributed by atoms with van der Waals surface area (Å²) >= 11 is 0. The van der Waals surface area contributed by atoms with E-state index in [4.69, 9.17) is 19.7 Å². The van der Waals surface area contributed by atoms with Crippen molar-refractivity contribution in [1.82, 2.24) is 10.1 Å². The minimum atomic E-state index is 0.590. The summed E-state index contributed by atoms with van der Waals surface area (Å²) < 4.78 is 15.6. The fourth-order valence-electron chi connectivity index (χ4n) is 1.89. The average Bonchev–Trinajstić information content (AvgIpc) is 2.92. The number of ether oxygens (including phenoxy) is 2. The smallest absolute Gasteiger partial charge is 0.226 e. The van der Waals surface area contributed by atoms with Crippen molar-refractivity contribution in [2.45, 2.75) is 19.3 Å². The average molecular weight is 277 g/mol. The molecule has 0 saturated heterocycles. The van der Waals surface area contributed by atoms with Crippen LogP contribution in [0.25, 0.3) is 0 Å². The lowest BCUT2D eigenvalue weighted by Gasteiger charge is -2.08. The number of nitrogens with two attached hydrogens (primary N) is 1. The predicted molar refractivity (Wildman–Crippen MR) is 74.0 cm³/mol. The molecule has 0 amide bonds. The molecule has 0 atom stereocenters. The zero-order chi connectivity index (χ0) is 14.4. The Morgan fingerprint density at radius 3 is 2.70 bits per heavy atom. The van der Waals surface area contributed by atoms with Gasteiger partial charge in [-0.25, -0.2) is 0 Å². The van der Waals surface area contributed by atoms with Crippen LogP contribution >= 0.6 is 0 Å². The minimum Gasteiger partial charge on any atom is -0.493 e. The van der Waals surface area contributed by atoms with Crippen molar-refractivity contribution in [3.05, 3.63) is 35.5 Å². The van der Waals surface area contributed by atoms with Gasteiger partial charge in [0.2, 0.25) is 5.89 Å². The van der Waals surface area contributed by atoms with Crippen LogP contribution in [-0.4, -0.2) is 30.9 Å². The van der Waals surface area contributed by atoms with Crippen LogP contribution in [-0.2, 0) is 12.8 Å². The molecule has 0 saturated carbocycles. The topological polar surface area (TPSA) is 83.4 Å². The maximum absolute atomic E-state index is 5.45. The first-order valence-electron chi connectivity index (χ1n) is 6.49. The summed E-state index contributed by atoms with van der Waals surface area (Å²) in [6.07, 6.45) is 2.15. The summed E-state index contributed by atoms with van der Waals surface area (Å²) in [5, 5.41) is 3.96. The zero-order valence-electron chi connectivity index (χ0n) is 11.8. The van der Waals surface area contributed by atoms with E-state index in [1.54, 1.807) is 14.2 Å². The Kier molecular flexibility index (Phi) is 4.95. The van der Waals surface area contributed by atoms with Crippen LogP contribution in [0.1, 0.15) is 23.7 Å². The number of methoxy groups -OCH3 is 2. The molecule has 0 fully saturated rings. The molecule has 0 aliphatic rings. The molecule has 1 aromatic heterocycles. The van der Waals surface area contributed by atoms with Gasteiger partial charge in [-0.2, -0.15) is 4.98 Å². The quantitative estimate of drug-likeness (QED) is 0.827. The second-order valence-corrected chi connectivity index (χ2v) is 4.36. The van der Waals surface area contributed by atoms with Crippen LogP contribution in [0.15, 0.2) is 22.7 Å². The van der Waals surface area contributed by atoms with Crippen molar-refractivity contribution < 1.29 is 14.0 Å². The monoisotopic (exact) mass is 277 g/mol. The van der Waals surface area contributed by atoms with Crippen LogP contribution in [0, 0.1) is 0 Å². The molecule has 2 aromatic rings. The Hall–Kier alpha value is -2.08. The molecule has 20 heavy (non-hydrogen) atoms. The van der Waals surface area contributed by atoms with Gasteiger partial charge < -0.3 is 19.7 Å². The third-order valence-corrected chi connectivity index (χ3v) is 2.92. The van der Waals surface area contributed by atoms with Crippen molar-refractivity contribution in [2.75, 3.05) is 20.8 Å². The fraction of sp³-hybridized carbons (Fsp3) is 0.429. The third-order valence-electron chi connectivity index (χ3n) is 2.92. The van der Waals surface area contributed by atoms with Crippen molar-refractivity contribution in [3.63, 3.8) is 0 Å². The molecule has 6 nitrogen and oxygen atoms in total. The van der Waals surface area contributed by atoms with Gasteiger partial charge in [0.15, 0.2) is 17.3 Å². The van der Waals surface area contributed by atoms with Crippen molar-refractivity contribution in [3.8, 4) is 11.5 Å². The van der Waals surface area contributed by atoms with Crippen LogP contribution < -0.4 is 15.2 Å². The Morgan fingerprint density at radius 1 is 1.20 bits per heavy atom. The molecule has 2 N–H and O–H groups in total. The van der Waals surface area contributed by atoms with Crippen molar-refractivity contribution in [1.29, 1.82) is 0 Å². The Morgan fingerprint density at radius 2 is 2.00 bits per heavy atom. The van der Waals surface area contributed by atoms with Gasteiger partial charge in [-0.1, -0.05) is 11.2 Å². The van der Waals surface area contributed by atoms with Gasteiger partial charge in [-0.3, -0.25) is 0 Å². The normalized spacial score (nSPS) is 10.6. The zero-order valence-corrected chi connectivity index (χ0v) is 11.8. The Bertz CT molecular complexity index is 554. The maximum atomic E-state index is 5.45. The highest BCUT2D eigenvalue weighted by molar-refractivity contribution is 5.43. The fourth-order valence-corrected chi connectivity index (χ4v) is 1.89. The number of benzene rings is 1. The van der Waals surface area contributed by atoms with Crippen molar-refractivity contribution >= 4 is 0 Å². The number of nitrogens with zero attached hydrogens (tertiary/aromatic N) is 2. The van der Waals surface area contributed by atoms with Crippen molar-refractivity contribution in [2.24, 2.45) is 5.73 Å². The second kappa shape index (κ2) is 6.91. The molecule has 6 heteroatoms. The summed E-state index contributed by atoms with van der Waals surface area (Å²) in [6, 6.07) is 5.73. The molecule has 108 valence electrons. The van der Waals surface area contributed by atoms with Gasteiger partial charge in [0.1, 0.15) is 0 Å². The number of hydrogen-bond acceptors (Lipinski definition) is 6. The highest BCUT2D eigenvalue weighted by Crippen LogP contribution is 2.28. The molecular weight excluding hydrogens is 258 g/mol. The first-order chi connectivity index (χ1) is 9.76. The number of aryl methyl sites for hydroxylation is 1. The SMILES string of the molecule is COc1ccc(Cc2noc(CCCN)n2)cc1OC. The largest absolute Gasteiger partial charge is 0.493 e. The predicted octanol–water partition coefficient (Wildman–Crippen LogP) is 1.57. The first kappa shape index (κ1) is 14.3. The maximum Gasteiger partial charge on any atom is 0.226 e. The van der Waals surface area contributed by atoms with E-state index >= 15 is 0 Å². The Labute approximate surface area is 117 Å². The number of hydrogen-bond donors (Lipinski definition) is 1. The van der Waals surface area contributed by atoms with Crippen LogP contribution in [0.5, 0.6) is 11.5 Å². The van der Waals surface area contributed by atoms with E-state index in [0.29, 0.717) is 36.2 Å². The van der Waals surface area contributed by atoms with Crippen LogP contribution in [0.3, 0.4) is 0 Å². The highest BCUT2D eigenvalue weighted by atomic mass is 16.5. The molecule has 0 bridgehead atoms. The highest BCUT2D eigenvalue weighted by Gasteiger charge is 2.09. The molecular formula is C14H19N3O3. The molecule has 1 aromatic carbocycles. The van der Waals surface area contributed by atoms with Gasteiger partial charge in [-0.05, 0) is 30.7 Å². The van der Waals surface area contributed by atoms with Crippen LogP contribution in [0.4, 0.5) is 0 Å². The van der Waals surface area contributed by atoms with E-state index < -0.39 is 0 Å². The van der Waals surface area contributed by atoms with Gasteiger partial charge in [-0.15, -0.1) is 0 Å². The van der Waals surface area contributed by atoms with E-state index in [9.17, 15) is 0 Å². The lowest BCUT2D eigenvalue weighted by atomic mass is 10.1. The third kappa shape index (κ3) is 3.48. The number of aromatic nitrogens is 2. The van der Waals surface area contributed by atoms with E-state index in [2.05, 4.69) is 10.1 Å². The summed E-state index contributed by atoms with van der Waals surface area (Å²) in [7, 11) is 3.22. The van der Waals surface area contributed by atoms with Gasteiger partial charge >= 0.3 is 0 Å². The molecule has 0 unspecified atom stereocenters. The molecule has 0 aliphatic heterocycles. The minimum absolute atomic E-state index is 0.590. The molecule has 1 heterocycles. The lowest BCUT2D eigenvalue weighted by Crippen LogP contribution is -2.00. The summed E-state index contributed by atoms with van der Waals surface area (Å²) in [6.45, 7) is 0.618. The van der Waals surface area contributed by atoms with Gasteiger partial charge in [0, 0.05) is 12.8 Å². The Balaban J connectivity index is 2.07. The molecule has 0 radical (unpaired) electrons. The molecule has 0 aliphatic carbocycles. The standard InChI is InChI=1S/C14H19N3O3/c1-18-11-6-5-10(8-12(11)19-2)9-13-16-14(20-17-13)4-3-7-15/h5-6,8H,3-4,7,9,15H2,1-2H3. The number of rotatable bonds is 7. The van der Waals surface area contributed by atoms with E-state index in [-0.39, 0.29) is 0 Å². The summed E-state index contributed by atoms with van der Waals surface area (Å²) in [4.78, 5) is 4.34. The van der Waals surface area contributed by atoms with Gasteiger partial charge in [0.05, 0.1) is 14.2 Å². The molecule has 2 rings (SSSR count). The van der Waals surface area contributed by atoms with E-state index in [1.165, 1.54) is 0 Å². The first-order valence-corrected chi connectivity index (χ1v) is 6.49. The summed E-state index contributed by atoms with van der Waals surface area (Å²) in [5.74, 6) is 2.68. The van der Waals surface area contributed by atoms with E-state index in [1.807, 2.05) is 18.2 Å². The van der Waals surface area contributed by atoms with Gasteiger partial charge in [0.25, 0.3) is 0 Å². The van der Waals surface area contributed by atoms with E-state index in [0.717, 1.165) is 18.4 Å². The lowest BCUT2D eigenvalue weighted by molar-refractivity contribution is 0.354. The van der Waals surface area contributed by atoms with Crippen LogP contribution in [0.2, 0.25) is 0 Å². The second-order valence-electron chi connectivity index (χ2n) is 4.36. The molecule has 0 spiro atoms. The summed E-state index contributed by atoms with van der Waals surface area (Å²) in [5.41, 5.74) is 6.49.